The van der Waals surface area contributed by atoms with E-state index in [9.17, 15) is 0 Å². The molecular formula is C16H16N4O. The Morgan fingerprint density at radius 2 is 2.14 bits per heavy atom. The molecule has 106 valence electrons. The first-order chi connectivity index (χ1) is 10.2. The lowest BCUT2D eigenvalue weighted by Crippen LogP contribution is -2.24. The van der Waals surface area contributed by atoms with Gasteiger partial charge in [0, 0.05) is 36.3 Å². The summed E-state index contributed by atoms with van der Waals surface area (Å²) in [5.41, 5.74) is 9.48. The highest BCUT2D eigenvalue weighted by Gasteiger charge is 2.18. The van der Waals surface area contributed by atoms with Crippen molar-refractivity contribution in [2.45, 2.75) is 19.4 Å². The van der Waals surface area contributed by atoms with Crippen LogP contribution in [-0.2, 0) is 0 Å². The SMILES string of the molecule is CC1=CC=C(N)CC1Oc1nccc(-c2cccnc2)n1. The first-order valence-electron chi connectivity index (χ1n) is 6.75. The van der Waals surface area contributed by atoms with Gasteiger partial charge in [0.2, 0.25) is 0 Å². The third-order valence-corrected chi connectivity index (χ3v) is 3.33. The molecule has 0 spiro atoms. The first kappa shape index (κ1) is 13.3. The summed E-state index contributed by atoms with van der Waals surface area (Å²) in [7, 11) is 0. The molecule has 0 bridgehead atoms. The third-order valence-electron chi connectivity index (χ3n) is 3.33. The maximum atomic E-state index is 5.87. The zero-order valence-electron chi connectivity index (χ0n) is 11.7. The van der Waals surface area contributed by atoms with Gasteiger partial charge in [0.15, 0.2) is 0 Å². The van der Waals surface area contributed by atoms with Crippen LogP contribution in [0, 0.1) is 0 Å². The summed E-state index contributed by atoms with van der Waals surface area (Å²) >= 11 is 0. The number of hydrogen-bond donors (Lipinski definition) is 1. The summed E-state index contributed by atoms with van der Waals surface area (Å²) in [6, 6.07) is 6.01. The molecule has 0 amide bonds. The zero-order valence-corrected chi connectivity index (χ0v) is 11.7. The topological polar surface area (TPSA) is 73.9 Å². The van der Waals surface area contributed by atoms with Crippen molar-refractivity contribution < 1.29 is 4.74 Å². The van der Waals surface area contributed by atoms with Crippen molar-refractivity contribution in [3.8, 4) is 17.3 Å². The second-order valence-corrected chi connectivity index (χ2v) is 4.93. The van der Waals surface area contributed by atoms with Crippen LogP contribution in [0.1, 0.15) is 13.3 Å². The zero-order chi connectivity index (χ0) is 14.7. The Morgan fingerprint density at radius 3 is 2.95 bits per heavy atom. The van der Waals surface area contributed by atoms with Crippen LogP contribution < -0.4 is 10.5 Å². The van der Waals surface area contributed by atoms with Crippen LogP contribution in [0.15, 0.2) is 60.2 Å². The van der Waals surface area contributed by atoms with Gasteiger partial charge in [-0.15, -0.1) is 0 Å². The average Bonchev–Trinajstić information content (AvgIpc) is 2.52. The average molecular weight is 280 g/mol. The Kier molecular flexibility index (Phi) is 3.64. The van der Waals surface area contributed by atoms with E-state index in [2.05, 4.69) is 15.0 Å². The minimum Gasteiger partial charge on any atom is -0.455 e. The van der Waals surface area contributed by atoms with Crippen molar-refractivity contribution in [2.75, 3.05) is 0 Å². The molecule has 2 aromatic rings. The number of nitrogens with zero attached hydrogens (tertiary/aromatic N) is 3. The summed E-state index contributed by atoms with van der Waals surface area (Å²) in [5.74, 6) is 0. The second-order valence-electron chi connectivity index (χ2n) is 4.93. The molecule has 1 aliphatic carbocycles. The summed E-state index contributed by atoms with van der Waals surface area (Å²) in [6.45, 7) is 2.01. The fourth-order valence-electron chi connectivity index (χ4n) is 2.12. The van der Waals surface area contributed by atoms with Gasteiger partial charge in [-0.1, -0.05) is 6.08 Å². The van der Waals surface area contributed by atoms with Crippen LogP contribution in [-0.4, -0.2) is 21.1 Å². The van der Waals surface area contributed by atoms with Crippen molar-refractivity contribution in [1.82, 2.24) is 15.0 Å². The van der Waals surface area contributed by atoms with Gasteiger partial charge in [-0.2, -0.15) is 4.98 Å². The molecular weight excluding hydrogens is 264 g/mol. The fourth-order valence-corrected chi connectivity index (χ4v) is 2.12. The van der Waals surface area contributed by atoms with Gasteiger partial charge >= 0.3 is 6.01 Å². The van der Waals surface area contributed by atoms with Gasteiger partial charge in [0.1, 0.15) is 6.10 Å². The van der Waals surface area contributed by atoms with E-state index in [1.165, 1.54) is 0 Å². The van der Waals surface area contributed by atoms with Gasteiger partial charge in [-0.3, -0.25) is 4.98 Å². The molecule has 1 unspecified atom stereocenters. The van der Waals surface area contributed by atoms with E-state index in [1.807, 2.05) is 37.3 Å². The highest BCUT2D eigenvalue weighted by molar-refractivity contribution is 5.57. The molecule has 3 rings (SSSR count). The minimum atomic E-state index is -0.112. The Hall–Kier alpha value is -2.69. The Morgan fingerprint density at radius 1 is 1.24 bits per heavy atom. The largest absolute Gasteiger partial charge is 0.455 e. The van der Waals surface area contributed by atoms with Crippen molar-refractivity contribution in [2.24, 2.45) is 5.73 Å². The number of ether oxygens (including phenoxy) is 1. The molecule has 0 saturated carbocycles. The summed E-state index contributed by atoms with van der Waals surface area (Å²) in [6.07, 6.45) is 9.59. The van der Waals surface area contributed by atoms with Crippen LogP contribution >= 0.6 is 0 Å². The molecule has 0 aliphatic heterocycles. The summed E-state index contributed by atoms with van der Waals surface area (Å²) in [4.78, 5) is 12.7. The number of allylic oxidation sites excluding steroid dienone is 2. The van der Waals surface area contributed by atoms with Crippen LogP contribution in [0.3, 0.4) is 0 Å². The number of pyridine rings is 1. The number of aromatic nitrogens is 3. The maximum Gasteiger partial charge on any atom is 0.317 e. The van der Waals surface area contributed by atoms with Gasteiger partial charge in [0.05, 0.1) is 5.69 Å². The van der Waals surface area contributed by atoms with Gasteiger partial charge in [-0.05, 0) is 36.8 Å². The number of nitrogens with two attached hydrogens (primary N) is 1. The molecule has 0 aromatic carbocycles. The van der Waals surface area contributed by atoms with Gasteiger partial charge in [0.25, 0.3) is 0 Å². The van der Waals surface area contributed by atoms with Crippen LogP contribution in [0.25, 0.3) is 11.3 Å². The Bertz CT molecular complexity index is 694. The first-order valence-corrected chi connectivity index (χ1v) is 6.75. The maximum absolute atomic E-state index is 5.87. The van der Waals surface area contributed by atoms with Crippen molar-refractivity contribution in [3.05, 3.63) is 60.2 Å². The van der Waals surface area contributed by atoms with E-state index >= 15 is 0 Å². The second kappa shape index (κ2) is 5.75. The Labute approximate surface area is 123 Å². The molecule has 0 saturated heterocycles. The monoisotopic (exact) mass is 280 g/mol. The van der Waals surface area contributed by atoms with Gasteiger partial charge in [-0.25, -0.2) is 4.98 Å². The van der Waals surface area contributed by atoms with Crippen molar-refractivity contribution in [3.63, 3.8) is 0 Å². The normalized spacial score (nSPS) is 17.9. The quantitative estimate of drug-likeness (QED) is 0.935. The van der Waals surface area contributed by atoms with E-state index in [0.29, 0.717) is 12.4 Å². The lowest BCUT2D eigenvalue weighted by molar-refractivity contribution is 0.216. The van der Waals surface area contributed by atoms with Crippen molar-refractivity contribution in [1.29, 1.82) is 0 Å². The molecule has 0 fully saturated rings. The van der Waals surface area contributed by atoms with Gasteiger partial charge < -0.3 is 10.5 Å². The summed E-state index contributed by atoms with van der Waals surface area (Å²) in [5, 5.41) is 0. The predicted octanol–water partition coefficient (Wildman–Crippen LogP) is 2.48. The molecule has 2 aromatic heterocycles. The van der Waals surface area contributed by atoms with Crippen molar-refractivity contribution >= 4 is 0 Å². The predicted molar refractivity (Wildman–Crippen MR) is 80.3 cm³/mol. The number of hydrogen-bond acceptors (Lipinski definition) is 5. The van der Waals surface area contributed by atoms with E-state index in [4.69, 9.17) is 10.5 Å². The molecule has 1 atom stereocenters. The lowest BCUT2D eigenvalue weighted by atomic mass is 10.0. The highest BCUT2D eigenvalue weighted by Crippen LogP contribution is 2.22. The smallest absolute Gasteiger partial charge is 0.317 e. The molecule has 21 heavy (non-hydrogen) atoms. The van der Waals surface area contributed by atoms with E-state index in [0.717, 1.165) is 22.5 Å². The molecule has 2 heterocycles. The molecule has 5 heteroatoms. The van der Waals surface area contributed by atoms with E-state index in [-0.39, 0.29) is 6.10 Å². The Balaban J connectivity index is 1.81. The van der Waals surface area contributed by atoms with E-state index in [1.54, 1.807) is 18.6 Å². The third kappa shape index (κ3) is 3.08. The number of rotatable bonds is 3. The van der Waals surface area contributed by atoms with Crippen LogP contribution in [0.2, 0.25) is 0 Å². The molecule has 2 N–H and O–H groups in total. The summed E-state index contributed by atoms with van der Waals surface area (Å²) < 4.78 is 5.87. The molecule has 5 nitrogen and oxygen atoms in total. The minimum absolute atomic E-state index is 0.112. The molecule has 1 aliphatic rings. The standard InChI is InChI=1S/C16H16N4O/c1-11-4-5-13(17)9-15(11)21-16-19-8-6-14(20-16)12-3-2-7-18-10-12/h2-8,10,15H,9,17H2,1H3. The fraction of sp³-hybridized carbons (Fsp3) is 0.188. The van der Waals surface area contributed by atoms with Crippen LogP contribution in [0.4, 0.5) is 0 Å². The highest BCUT2D eigenvalue weighted by atomic mass is 16.5. The van der Waals surface area contributed by atoms with Crippen LogP contribution in [0.5, 0.6) is 6.01 Å². The lowest BCUT2D eigenvalue weighted by Gasteiger charge is -2.21. The van der Waals surface area contributed by atoms with E-state index < -0.39 is 0 Å². The molecule has 0 radical (unpaired) electrons.